The lowest BCUT2D eigenvalue weighted by Crippen LogP contribution is -2.40. The van der Waals surface area contributed by atoms with Crippen molar-refractivity contribution >= 4 is 11.9 Å². The molecule has 1 fully saturated rings. The van der Waals surface area contributed by atoms with E-state index in [1.807, 2.05) is 0 Å². The fraction of sp³-hybridized carbons (Fsp3) is 0.556. The number of aliphatic carboxylic acids is 1. The third kappa shape index (κ3) is 1.88. The predicted octanol–water partition coefficient (Wildman–Crippen LogP) is 0.638. The Morgan fingerprint density at radius 3 is 2.62 bits per heavy atom. The summed E-state index contributed by atoms with van der Waals surface area (Å²) < 4.78 is 0. The summed E-state index contributed by atoms with van der Waals surface area (Å²) in [5.74, 6) is -1.17. The molecule has 0 saturated carbocycles. The summed E-state index contributed by atoms with van der Waals surface area (Å²) >= 11 is 0. The fourth-order valence-corrected chi connectivity index (χ4v) is 1.51. The largest absolute Gasteiger partial charge is 0.480 e. The lowest BCUT2D eigenvalue weighted by Gasteiger charge is -2.21. The third-order valence-corrected chi connectivity index (χ3v) is 2.16. The SMILES string of the molecule is C=C(C)C(=O)N1CCCC1C(=O)O. The molecular formula is C9H13NO3. The molecule has 1 aliphatic rings. The maximum Gasteiger partial charge on any atom is 0.326 e. The zero-order valence-corrected chi connectivity index (χ0v) is 7.62. The highest BCUT2D eigenvalue weighted by atomic mass is 16.4. The van der Waals surface area contributed by atoms with Gasteiger partial charge in [-0.1, -0.05) is 6.58 Å². The fourth-order valence-electron chi connectivity index (χ4n) is 1.51. The number of carbonyl (C=O) groups excluding carboxylic acids is 1. The Balaban J connectivity index is 2.74. The van der Waals surface area contributed by atoms with Crippen molar-refractivity contribution in [1.29, 1.82) is 0 Å². The highest BCUT2D eigenvalue weighted by Crippen LogP contribution is 2.19. The molecule has 0 bridgehead atoms. The molecule has 1 aliphatic heterocycles. The molecule has 1 N–H and O–H groups in total. The number of likely N-dealkylation sites (tertiary alicyclic amines) is 1. The molecule has 1 saturated heterocycles. The molecule has 1 unspecified atom stereocenters. The summed E-state index contributed by atoms with van der Waals surface area (Å²) in [5.41, 5.74) is 0.396. The van der Waals surface area contributed by atoms with Gasteiger partial charge < -0.3 is 10.0 Å². The molecule has 4 nitrogen and oxygen atoms in total. The van der Waals surface area contributed by atoms with Gasteiger partial charge in [0.15, 0.2) is 0 Å². The number of carboxylic acids is 1. The first-order valence-corrected chi connectivity index (χ1v) is 4.23. The average Bonchev–Trinajstić information content (AvgIpc) is 2.50. The van der Waals surface area contributed by atoms with Crippen LogP contribution in [0.3, 0.4) is 0 Å². The van der Waals surface area contributed by atoms with Crippen LogP contribution in [0.1, 0.15) is 19.8 Å². The molecule has 13 heavy (non-hydrogen) atoms. The molecule has 0 radical (unpaired) electrons. The van der Waals surface area contributed by atoms with E-state index in [4.69, 9.17) is 5.11 Å². The summed E-state index contributed by atoms with van der Waals surface area (Å²) in [6, 6.07) is -0.649. The Hall–Kier alpha value is -1.32. The first-order valence-electron chi connectivity index (χ1n) is 4.23. The molecule has 1 heterocycles. The highest BCUT2D eigenvalue weighted by molar-refractivity contribution is 5.95. The van der Waals surface area contributed by atoms with E-state index >= 15 is 0 Å². The van der Waals surface area contributed by atoms with E-state index < -0.39 is 12.0 Å². The van der Waals surface area contributed by atoms with Gasteiger partial charge in [0.1, 0.15) is 6.04 Å². The summed E-state index contributed by atoms with van der Waals surface area (Å²) in [6.45, 7) is 5.64. The minimum Gasteiger partial charge on any atom is -0.480 e. The van der Waals surface area contributed by atoms with E-state index in [-0.39, 0.29) is 5.91 Å². The third-order valence-electron chi connectivity index (χ3n) is 2.16. The molecular weight excluding hydrogens is 170 g/mol. The maximum absolute atomic E-state index is 11.4. The summed E-state index contributed by atoms with van der Waals surface area (Å²) in [7, 11) is 0. The number of carboxylic acid groups (broad SMARTS) is 1. The Morgan fingerprint density at radius 1 is 1.54 bits per heavy atom. The predicted molar refractivity (Wildman–Crippen MR) is 47.2 cm³/mol. The number of amides is 1. The van der Waals surface area contributed by atoms with Crippen LogP contribution in [0.5, 0.6) is 0 Å². The molecule has 0 aliphatic carbocycles. The van der Waals surface area contributed by atoms with Gasteiger partial charge in [0.05, 0.1) is 0 Å². The van der Waals surface area contributed by atoms with E-state index in [1.54, 1.807) is 6.92 Å². The van der Waals surface area contributed by atoms with Gasteiger partial charge in [0, 0.05) is 12.1 Å². The van der Waals surface area contributed by atoms with Gasteiger partial charge in [-0.05, 0) is 19.8 Å². The molecule has 0 aromatic heterocycles. The van der Waals surface area contributed by atoms with Gasteiger partial charge >= 0.3 is 5.97 Å². The second-order valence-electron chi connectivity index (χ2n) is 3.28. The van der Waals surface area contributed by atoms with Crippen molar-refractivity contribution in [3.05, 3.63) is 12.2 Å². The first kappa shape index (κ1) is 9.77. The Bertz CT molecular complexity index is 260. The van der Waals surface area contributed by atoms with Crippen LogP contribution in [-0.2, 0) is 9.59 Å². The Labute approximate surface area is 76.8 Å². The number of carbonyl (C=O) groups is 2. The van der Waals surface area contributed by atoms with Crippen molar-refractivity contribution in [3.8, 4) is 0 Å². The molecule has 1 amide bonds. The van der Waals surface area contributed by atoms with E-state index in [0.717, 1.165) is 6.42 Å². The zero-order valence-electron chi connectivity index (χ0n) is 7.62. The van der Waals surface area contributed by atoms with Gasteiger partial charge in [-0.2, -0.15) is 0 Å². The normalized spacial score (nSPS) is 21.6. The quantitative estimate of drug-likeness (QED) is 0.639. The van der Waals surface area contributed by atoms with Crippen LogP contribution in [0.4, 0.5) is 0 Å². The second-order valence-corrected chi connectivity index (χ2v) is 3.28. The first-order chi connectivity index (χ1) is 6.04. The lowest BCUT2D eigenvalue weighted by molar-refractivity contribution is -0.146. The molecule has 0 aromatic carbocycles. The average molecular weight is 183 g/mol. The molecule has 1 atom stereocenters. The van der Waals surface area contributed by atoms with Crippen molar-refractivity contribution in [2.75, 3.05) is 6.54 Å². The van der Waals surface area contributed by atoms with Gasteiger partial charge in [0.25, 0.3) is 0 Å². The van der Waals surface area contributed by atoms with Crippen LogP contribution in [0.15, 0.2) is 12.2 Å². The zero-order chi connectivity index (χ0) is 10.0. The minimum absolute atomic E-state index is 0.245. The van der Waals surface area contributed by atoms with Gasteiger partial charge in [-0.25, -0.2) is 4.79 Å². The number of rotatable bonds is 2. The van der Waals surface area contributed by atoms with E-state index in [2.05, 4.69) is 6.58 Å². The Kier molecular flexibility index (Phi) is 2.70. The lowest BCUT2D eigenvalue weighted by atomic mass is 10.2. The smallest absolute Gasteiger partial charge is 0.326 e. The van der Waals surface area contributed by atoms with Crippen LogP contribution in [0.25, 0.3) is 0 Å². The van der Waals surface area contributed by atoms with E-state index in [1.165, 1.54) is 4.90 Å². The minimum atomic E-state index is -0.924. The van der Waals surface area contributed by atoms with Crippen molar-refractivity contribution in [2.45, 2.75) is 25.8 Å². The Morgan fingerprint density at radius 2 is 2.15 bits per heavy atom. The summed E-state index contributed by atoms with van der Waals surface area (Å²) in [6.07, 6.45) is 1.31. The van der Waals surface area contributed by atoms with Crippen LogP contribution < -0.4 is 0 Å². The number of hydrogen-bond acceptors (Lipinski definition) is 2. The molecule has 0 spiro atoms. The molecule has 4 heteroatoms. The topological polar surface area (TPSA) is 57.6 Å². The van der Waals surface area contributed by atoms with E-state index in [0.29, 0.717) is 18.5 Å². The molecule has 72 valence electrons. The molecule has 1 rings (SSSR count). The van der Waals surface area contributed by atoms with Crippen molar-refractivity contribution in [2.24, 2.45) is 0 Å². The van der Waals surface area contributed by atoms with E-state index in [9.17, 15) is 9.59 Å². The monoisotopic (exact) mass is 183 g/mol. The summed E-state index contributed by atoms with van der Waals surface area (Å²) in [4.78, 5) is 23.5. The van der Waals surface area contributed by atoms with Crippen molar-refractivity contribution in [3.63, 3.8) is 0 Å². The van der Waals surface area contributed by atoms with Crippen molar-refractivity contribution < 1.29 is 14.7 Å². The summed E-state index contributed by atoms with van der Waals surface area (Å²) in [5, 5.41) is 8.79. The maximum atomic E-state index is 11.4. The highest BCUT2D eigenvalue weighted by Gasteiger charge is 2.33. The van der Waals surface area contributed by atoms with Crippen LogP contribution in [0.2, 0.25) is 0 Å². The van der Waals surface area contributed by atoms with Crippen molar-refractivity contribution in [1.82, 2.24) is 4.90 Å². The number of nitrogens with zero attached hydrogens (tertiary/aromatic N) is 1. The van der Waals surface area contributed by atoms with Gasteiger partial charge in [0.2, 0.25) is 5.91 Å². The number of hydrogen-bond donors (Lipinski definition) is 1. The molecule has 0 aromatic rings. The van der Waals surface area contributed by atoms with Crippen LogP contribution in [-0.4, -0.2) is 34.5 Å². The van der Waals surface area contributed by atoms with Gasteiger partial charge in [-0.3, -0.25) is 4.79 Å². The van der Waals surface area contributed by atoms with Gasteiger partial charge in [-0.15, -0.1) is 0 Å². The standard InChI is InChI=1S/C9H13NO3/c1-6(2)8(11)10-5-3-4-7(10)9(12)13/h7H,1,3-5H2,2H3,(H,12,13). The second kappa shape index (κ2) is 3.60. The van der Waals surface area contributed by atoms with Crippen LogP contribution in [0, 0.1) is 0 Å². The van der Waals surface area contributed by atoms with Crippen LogP contribution >= 0.6 is 0 Å².